The lowest BCUT2D eigenvalue weighted by atomic mass is 10.1. The summed E-state index contributed by atoms with van der Waals surface area (Å²) in [5.41, 5.74) is 3.53. The van der Waals surface area contributed by atoms with E-state index in [-0.39, 0.29) is 0 Å². The molecule has 0 saturated heterocycles. The molecule has 0 aliphatic rings. The SMILES string of the molecule is C=C(C)COc1cc(C)c(C)cc1Br. The highest BCUT2D eigenvalue weighted by molar-refractivity contribution is 9.10. The third-order valence-electron chi connectivity index (χ3n) is 2.02. The van der Waals surface area contributed by atoms with Crippen LogP contribution in [0.1, 0.15) is 18.1 Å². The summed E-state index contributed by atoms with van der Waals surface area (Å²) in [7, 11) is 0. The van der Waals surface area contributed by atoms with Crippen LogP contribution in [0.4, 0.5) is 0 Å². The minimum Gasteiger partial charge on any atom is -0.488 e. The predicted octanol–water partition coefficient (Wildman–Crippen LogP) is 4.02. The number of rotatable bonds is 3. The van der Waals surface area contributed by atoms with Gasteiger partial charge in [0.1, 0.15) is 12.4 Å². The molecular formula is C12H15BrO. The molecular weight excluding hydrogens is 240 g/mol. The Morgan fingerprint density at radius 3 is 2.50 bits per heavy atom. The number of benzene rings is 1. The lowest BCUT2D eigenvalue weighted by Gasteiger charge is -2.10. The first-order valence-electron chi connectivity index (χ1n) is 4.54. The van der Waals surface area contributed by atoms with Gasteiger partial charge in [0, 0.05) is 0 Å². The van der Waals surface area contributed by atoms with Gasteiger partial charge in [0.15, 0.2) is 0 Å². The zero-order valence-corrected chi connectivity index (χ0v) is 10.4. The molecule has 0 radical (unpaired) electrons. The van der Waals surface area contributed by atoms with Crippen molar-refractivity contribution in [2.75, 3.05) is 6.61 Å². The van der Waals surface area contributed by atoms with Crippen molar-refractivity contribution in [3.05, 3.63) is 39.9 Å². The van der Waals surface area contributed by atoms with Crippen molar-refractivity contribution in [1.29, 1.82) is 0 Å². The van der Waals surface area contributed by atoms with E-state index in [4.69, 9.17) is 4.74 Å². The smallest absolute Gasteiger partial charge is 0.134 e. The van der Waals surface area contributed by atoms with Crippen molar-refractivity contribution in [1.82, 2.24) is 0 Å². The average Bonchev–Trinajstić information content (AvgIpc) is 2.09. The van der Waals surface area contributed by atoms with E-state index in [0.29, 0.717) is 6.61 Å². The highest BCUT2D eigenvalue weighted by Gasteiger charge is 2.03. The van der Waals surface area contributed by atoms with E-state index in [9.17, 15) is 0 Å². The van der Waals surface area contributed by atoms with Crippen LogP contribution in [0.2, 0.25) is 0 Å². The summed E-state index contributed by atoms with van der Waals surface area (Å²) in [6, 6.07) is 4.12. The lowest BCUT2D eigenvalue weighted by Crippen LogP contribution is -1.99. The van der Waals surface area contributed by atoms with E-state index >= 15 is 0 Å². The van der Waals surface area contributed by atoms with E-state index in [1.807, 2.05) is 13.0 Å². The Balaban J connectivity index is 2.87. The molecule has 0 fully saturated rings. The summed E-state index contributed by atoms with van der Waals surface area (Å²) >= 11 is 3.48. The largest absolute Gasteiger partial charge is 0.488 e. The molecule has 76 valence electrons. The van der Waals surface area contributed by atoms with Gasteiger partial charge in [0.25, 0.3) is 0 Å². The van der Waals surface area contributed by atoms with Crippen LogP contribution in [-0.2, 0) is 0 Å². The summed E-state index contributed by atoms with van der Waals surface area (Å²) in [6.07, 6.45) is 0. The van der Waals surface area contributed by atoms with Gasteiger partial charge in [-0.3, -0.25) is 0 Å². The third-order valence-corrected chi connectivity index (χ3v) is 2.64. The molecule has 0 spiro atoms. The van der Waals surface area contributed by atoms with Crippen molar-refractivity contribution < 1.29 is 4.74 Å². The van der Waals surface area contributed by atoms with Gasteiger partial charge in [0.05, 0.1) is 4.47 Å². The molecule has 0 aliphatic carbocycles. The van der Waals surface area contributed by atoms with Crippen molar-refractivity contribution in [3.63, 3.8) is 0 Å². The van der Waals surface area contributed by atoms with E-state index in [0.717, 1.165) is 15.8 Å². The molecule has 0 N–H and O–H groups in total. The van der Waals surface area contributed by atoms with Crippen molar-refractivity contribution in [2.45, 2.75) is 20.8 Å². The van der Waals surface area contributed by atoms with Crippen LogP contribution < -0.4 is 4.74 Å². The zero-order chi connectivity index (χ0) is 10.7. The minimum atomic E-state index is 0.571. The van der Waals surface area contributed by atoms with Crippen molar-refractivity contribution in [2.24, 2.45) is 0 Å². The maximum atomic E-state index is 5.59. The van der Waals surface area contributed by atoms with Crippen molar-refractivity contribution >= 4 is 15.9 Å². The molecule has 1 rings (SSSR count). The normalized spacial score (nSPS) is 10.0. The Morgan fingerprint density at radius 1 is 1.36 bits per heavy atom. The Labute approximate surface area is 93.9 Å². The highest BCUT2D eigenvalue weighted by Crippen LogP contribution is 2.28. The summed E-state index contributed by atoms with van der Waals surface area (Å²) in [5, 5.41) is 0. The van der Waals surface area contributed by atoms with Gasteiger partial charge < -0.3 is 4.74 Å². The van der Waals surface area contributed by atoms with Crippen LogP contribution in [0.3, 0.4) is 0 Å². The van der Waals surface area contributed by atoms with Crippen LogP contribution >= 0.6 is 15.9 Å². The van der Waals surface area contributed by atoms with Crippen LogP contribution in [0.15, 0.2) is 28.8 Å². The molecule has 0 unspecified atom stereocenters. The second-order valence-electron chi connectivity index (χ2n) is 3.61. The Hall–Kier alpha value is -0.760. The van der Waals surface area contributed by atoms with Gasteiger partial charge in [-0.25, -0.2) is 0 Å². The van der Waals surface area contributed by atoms with E-state index in [1.54, 1.807) is 0 Å². The molecule has 2 heteroatoms. The first-order chi connectivity index (χ1) is 6.50. The summed E-state index contributed by atoms with van der Waals surface area (Å²) in [5.74, 6) is 0.885. The molecule has 1 nitrogen and oxygen atoms in total. The van der Waals surface area contributed by atoms with Gasteiger partial charge in [-0.2, -0.15) is 0 Å². The van der Waals surface area contributed by atoms with Gasteiger partial charge in [-0.05, 0) is 65.5 Å². The lowest BCUT2D eigenvalue weighted by molar-refractivity contribution is 0.350. The quantitative estimate of drug-likeness (QED) is 0.741. The maximum absolute atomic E-state index is 5.59. The van der Waals surface area contributed by atoms with Crippen LogP contribution in [-0.4, -0.2) is 6.61 Å². The first-order valence-corrected chi connectivity index (χ1v) is 5.34. The van der Waals surface area contributed by atoms with Crippen LogP contribution in [0.5, 0.6) is 5.75 Å². The summed E-state index contributed by atoms with van der Waals surface area (Å²) < 4.78 is 6.59. The number of aryl methyl sites for hydroxylation is 2. The van der Waals surface area contributed by atoms with Crippen LogP contribution in [0, 0.1) is 13.8 Å². The molecule has 0 heterocycles. The third kappa shape index (κ3) is 2.88. The molecule has 0 atom stereocenters. The van der Waals surface area contributed by atoms with Gasteiger partial charge >= 0.3 is 0 Å². The number of ether oxygens (including phenoxy) is 1. The first kappa shape index (κ1) is 11.3. The predicted molar refractivity (Wildman–Crippen MR) is 63.9 cm³/mol. The molecule has 1 aromatic rings. The monoisotopic (exact) mass is 254 g/mol. The zero-order valence-electron chi connectivity index (χ0n) is 8.86. The minimum absolute atomic E-state index is 0.571. The summed E-state index contributed by atoms with van der Waals surface area (Å²) in [6.45, 7) is 10.5. The molecule has 14 heavy (non-hydrogen) atoms. The van der Waals surface area contributed by atoms with E-state index in [1.165, 1.54) is 11.1 Å². The Kier molecular flexibility index (Phi) is 3.76. The van der Waals surface area contributed by atoms with E-state index < -0.39 is 0 Å². The maximum Gasteiger partial charge on any atom is 0.134 e. The number of halogens is 1. The van der Waals surface area contributed by atoms with Gasteiger partial charge in [0.2, 0.25) is 0 Å². The fourth-order valence-electron chi connectivity index (χ4n) is 1.07. The molecule has 0 aromatic heterocycles. The number of hydrogen-bond donors (Lipinski definition) is 0. The van der Waals surface area contributed by atoms with Gasteiger partial charge in [-0.1, -0.05) is 6.58 Å². The molecule has 0 aliphatic heterocycles. The second kappa shape index (κ2) is 4.65. The molecule has 0 saturated carbocycles. The second-order valence-corrected chi connectivity index (χ2v) is 4.47. The summed E-state index contributed by atoms with van der Waals surface area (Å²) in [4.78, 5) is 0. The fraction of sp³-hybridized carbons (Fsp3) is 0.333. The molecule has 0 bridgehead atoms. The number of hydrogen-bond acceptors (Lipinski definition) is 1. The van der Waals surface area contributed by atoms with Gasteiger partial charge in [-0.15, -0.1) is 0 Å². The average molecular weight is 255 g/mol. The van der Waals surface area contributed by atoms with E-state index in [2.05, 4.69) is 42.4 Å². The highest BCUT2D eigenvalue weighted by atomic mass is 79.9. The topological polar surface area (TPSA) is 9.23 Å². The van der Waals surface area contributed by atoms with Crippen LogP contribution in [0.25, 0.3) is 0 Å². The Morgan fingerprint density at radius 2 is 1.93 bits per heavy atom. The van der Waals surface area contributed by atoms with Crippen molar-refractivity contribution in [3.8, 4) is 5.75 Å². The standard InChI is InChI=1S/C12H15BrO/c1-8(2)7-14-12-6-10(4)9(3)5-11(12)13/h5-6H,1,7H2,2-4H3. The fourth-order valence-corrected chi connectivity index (χ4v) is 1.64. The Bertz CT molecular complexity index is 356. The molecule has 0 amide bonds. The molecule has 1 aromatic carbocycles.